The SMILES string of the molecule is C[C@@H](c1ccc(-c2ccc[nH]c2=O)cc1)N1CC[C@](CCCO)(c2ccc(F)cc2)OC1=O.C[C@@H](c1ccc(-c2ccc[nH]c2=O)cc1)N1CC[C@](CCCO)(c2ccc(F)cc2)OC1=O. The zero-order valence-electron chi connectivity index (χ0n) is 36.9. The lowest BCUT2D eigenvalue weighted by molar-refractivity contribution is -0.0685. The lowest BCUT2D eigenvalue weighted by atomic mass is 9.84. The molecule has 6 aromatic rings. The summed E-state index contributed by atoms with van der Waals surface area (Å²) in [5, 5.41) is 18.7. The van der Waals surface area contributed by atoms with Crippen LogP contribution in [0.4, 0.5) is 18.4 Å². The number of hydrogen-bond acceptors (Lipinski definition) is 8. The van der Waals surface area contributed by atoms with Gasteiger partial charge in [-0.1, -0.05) is 72.8 Å². The Bertz CT molecular complexity index is 2510. The number of ether oxygens (including phenoxy) is 2. The number of nitrogens with zero attached hydrogens (tertiary/aromatic N) is 2. The Kier molecular flexibility index (Phi) is 14.9. The standard InChI is InChI=1S/2C26H27FN2O4/c2*1-18(19-5-7-20(8-6-19)23-4-2-15-28-24(23)31)29-16-14-26(13-3-17-30,33-25(29)32)21-9-11-22(27)12-10-21/h2*2,4-12,15,18,30H,3,13-14,16-17H2,1H3,(H,28,31)/t2*18-,26+/m00/s1. The summed E-state index contributed by atoms with van der Waals surface area (Å²) in [6.45, 7) is 4.76. The molecule has 4 aromatic carbocycles. The van der Waals surface area contributed by atoms with Gasteiger partial charge in [0.25, 0.3) is 11.1 Å². The predicted octanol–water partition coefficient (Wildman–Crippen LogP) is 9.50. The molecule has 14 heteroatoms. The summed E-state index contributed by atoms with van der Waals surface area (Å²) in [6.07, 6.45) is 5.23. The summed E-state index contributed by atoms with van der Waals surface area (Å²) >= 11 is 0. The molecule has 0 unspecified atom stereocenters. The molecule has 4 heterocycles. The van der Waals surface area contributed by atoms with Gasteiger partial charge < -0.3 is 39.5 Å². The number of nitrogens with one attached hydrogen (secondary N) is 2. The van der Waals surface area contributed by atoms with Crippen LogP contribution in [-0.2, 0) is 20.7 Å². The number of aromatic nitrogens is 2. The van der Waals surface area contributed by atoms with E-state index in [-0.39, 0.29) is 48.1 Å². The van der Waals surface area contributed by atoms with E-state index in [9.17, 15) is 38.2 Å². The third-order valence-electron chi connectivity index (χ3n) is 12.7. The van der Waals surface area contributed by atoms with E-state index in [1.165, 1.54) is 24.3 Å². The molecule has 2 fully saturated rings. The summed E-state index contributed by atoms with van der Waals surface area (Å²) in [7, 11) is 0. The highest BCUT2D eigenvalue weighted by Gasteiger charge is 2.44. The molecule has 2 saturated heterocycles. The van der Waals surface area contributed by atoms with E-state index in [4.69, 9.17) is 9.47 Å². The first-order valence-corrected chi connectivity index (χ1v) is 22.2. The van der Waals surface area contributed by atoms with E-state index in [1.54, 1.807) is 70.7 Å². The number of carbonyl (C=O) groups excluding carboxylic acids is 2. The van der Waals surface area contributed by atoms with E-state index < -0.39 is 23.4 Å². The van der Waals surface area contributed by atoms with Crippen molar-refractivity contribution in [1.82, 2.24) is 19.8 Å². The molecule has 0 aliphatic carbocycles. The van der Waals surface area contributed by atoms with Crippen LogP contribution in [0, 0.1) is 11.6 Å². The van der Waals surface area contributed by atoms with Gasteiger partial charge in [-0.05, 0) is 121 Å². The van der Waals surface area contributed by atoms with Crippen molar-refractivity contribution in [2.24, 2.45) is 0 Å². The minimum Gasteiger partial charge on any atom is -0.438 e. The van der Waals surface area contributed by atoms with Gasteiger partial charge in [-0.2, -0.15) is 0 Å². The van der Waals surface area contributed by atoms with Crippen molar-refractivity contribution in [1.29, 1.82) is 0 Å². The molecular weight excluding hydrogens is 847 g/mol. The number of aromatic amines is 2. The number of benzene rings is 4. The molecule has 4 N–H and O–H groups in total. The third-order valence-corrected chi connectivity index (χ3v) is 12.7. The first kappa shape index (κ1) is 47.1. The second kappa shape index (κ2) is 20.9. The van der Waals surface area contributed by atoms with E-state index in [1.807, 2.05) is 62.4 Å². The Morgan fingerprint density at radius 1 is 0.561 bits per heavy atom. The molecule has 0 bridgehead atoms. The Labute approximate surface area is 381 Å². The minimum absolute atomic E-state index is 0.0167. The number of hydrogen-bond donors (Lipinski definition) is 4. The molecular formula is C52H54F2N4O8. The van der Waals surface area contributed by atoms with Gasteiger partial charge in [0.2, 0.25) is 0 Å². The van der Waals surface area contributed by atoms with Gasteiger partial charge >= 0.3 is 12.2 Å². The molecule has 66 heavy (non-hydrogen) atoms. The topological polar surface area (TPSA) is 165 Å². The summed E-state index contributed by atoms with van der Waals surface area (Å²) in [5.41, 5.74) is 4.00. The monoisotopic (exact) mass is 900 g/mol. The Morgan fingerprint density at radius 2 is 0.924 bits per heavy atom. The number of rotatable bonds is 14. The van der Waals surface area contributed by atoms with Crippen molar-refractivity contribution in [3.63, 3.8) is 0 Å². The highest BCUT2D eigenvalue weighted by Crippen LogP contribution is 2.42. The molecule has 2 aliphatic heterocycles. The maximum atomic E-state index is 13.4. The number of H-pyrrole nitrogens is 2. The van der Waals surface area contributed by atoms with Gasteiger partial charge in [0.1, 0.15) is 22.8 Å². The normalized spacial score (nSPS) is 19.2. The van der Waals surface area contributed by atoms with Crippen LogP contribution in [0.5, 0.6) is 0 Å². The maximum absolute atomic E-state index is 13.4. The van der Waals surface area contributed by atoms with Crippen LogP contribution < -0.4 is 11.1 Å². The zero-order chi connectivity index (χ0) is 46.8. The first-order valence-electron chi connectivity index (χ1n) is 22.2. The largest absolute Gasteiger partial charge is 0.438 e. The highest BCUT2D eigenvalue weighted by atomic mass is 19.1. The Balaban J connectivity index is 0.000000196. The molecule has 12 nitrogen and oxygen atoms in total. The molecule has 2 aliphatic rings. The second-order valence-corrected chi connectivity index (χ2v) is 16.7. The molecule has 4 atom stereocenters. The first-order chi connectivity index (χ1) is 31.9. The summed E-state index contributed by atoms with van der Waals surface area (Å²) in [4.78, 5) is 58.9. The third kappa shape index (κ3) is 10.5. The van der Waals surface area contributed by atoms with Crippen LogP contribution in [-0.4, -0.2) is 68.5 Å². The highest BCUT2D eigenvalue weighted by molar-refractivity contribution is 5.71. The fraction of sp³-hybridized carbons (Fsp3) is 0.308. The average Bonchev–Trinajstić information content (AvgIpc) is 3.33. The Morgan fingerprint density at radius 3 is 1.24 bits per heavy atom. The molecule has 2 aromatic heterocycles. The molecule has 0 saturated carbocycles. The summed E-state index contributed by atoms with van der Waals surface area (Å²) in [5.74, 6) is -0.705. The van der Waals surface area contributed by atoms with E-state index in [0.717, 1.165) is 33.4 Å². The number of pyridine rings is 2. The fourth-order valence-electron chi connectivity index (χ4n) is 8.87. The van der Waals surface area contributed by atoms with Crippen molar-refractivity contribution in [3.8, 4) is 22.3 Å². The van der Waals surface area contributed by atoms with Crippen LogP contribution in [0.2, 0.25) is 0 Å². The number of amides is 2. The van der Waals surface area contributed by atoms with Crippen LogP contribution in [0.25, 0.3) is 22.3 Å². The summed E-state index contributed by atoms with van der Waals surface area (Å²) < 4.78 is 38.8. The van der Waals surface area contributed by atoms with Gasteiger partial charge in [0, 0.05) is 62.7 Å². The van der Waals surface area contributed by atoms with E-state index >= 15 is 0 Å². The lowest BCUT2D eigenvalue weighted by Crippen LogP contribution is -2.48. The quantitative estimate of drug-likeness (QED) is 0.0840. The van der Waals surface area contributed by atoms with Crippen molar-refractivity contribution in [3.05, 3.63) is 188 Å². The van der Waals surface area contributed by atoms with Gasteiger partial charge in [-0.15, -0.1) is 0 Å². The number of carbonyl (C=O) groups is 2. The van der Waals surface area contributed by atoms with Crippen LogP contribution in [0.15, 0.2) is 143 Å². The minimum atomic E-state index is -0.887. The molecule has 2 amide bonds. The van der Waals surface area contributed by atoms with Gasteiger partial charge in [-0.3, -0.25) is 9.59 Å². The van der Waals surface area contributed by atoms with Crippen LogP contribution in [0.1, 0.15) is 86.7 Å². The van der Waals surface area contributed by atoms with Gasteiger partial charge in [-0.25, -0.2) is 18.4 Å². The number of aliphatic hydroxyl groups excluding tert-OH is 2. The molecule has 8 rings (SSSR count). The van der Waals surface area contributed by atoms with Gasteiger partial charge in [0.15, 0.2) is 0 Å². The lowest BCUT2D eigenvalue weighted by Gasteiger charge is -2.43. The van der Waals surface area contributed by atoms with Crippen molar-refractivity contribution in [2.75, 3.05) is 26.3 Å². The smallest absolute Gasteiger partial charge is 0.411 e. The van der Waals surface area contributed by atoms with Crippen molar-refractivity contribution >= 4 is 12.2 Å². The van der Waals surface area contributed by atoms with Crippen LogP contribution >= 0.6 is 0 Å². The van der Waals surface area contributed by atoms with Crippen molar-refractivity contribution < 1.29 is 38.1 Å². The maximum Gasteiger partial charge on any atom is 0.411 e. The average molecular weight is 901 g/mol. The van der Waals surface area contributed by atoms with Crippen molar-refractivity contribution in [2.45, 2.75) is 75.7 Å². The van der Waals surface area contributed by atoms with E-state index in [0.29, 0.717) is 62.7 Å². The number of aliphatic hydroxyl groups is 2. The molecule has 0 radical (unpaired) electrons. The number of halogens is 2. The Hall–Kier alpha value is -6.90. The molecule has 0 spiro atoms. The number of cyclic esters (lactones) is 2. The molecule has 344 valence electrons. The van der Waals surface area contributed by atoms with Crippen LogP contribution in [0.3, 0.4) is 0 Å². The zero-order valence-corrected chi connectivity index (χ0v) is 36.9. The van der Waals surface area contributed by atoms with E-state index in [2.05, 4.69) is 9.97 Å². The second-order valence-electron chi connectivity index (χ2n) is 16.7. The summed E-state index contributed by atoms with van der Waals surface area (Å²) in [6, 6.07) is 33.8. The predicted molar refractivity (Wildman–Crippen MR) is 246 cm³/mol. The van der Waals surface area contributed by atoms with Gasteiger partial charge in [0.05, 0.1) is 12.1 Å². The fourth-order valence-corrected chi connectivity index (χ4v) is 8.87.